The van der Waals surface area contributed by atoms with Gasteiger partial charge in [0.05, 0.1) is 0 Å². The second-order valence-corrected chi connectivity index (χ2v) is 8.90. The Morgan fingerprint density at radius 2 is 1.78 bits per heavy atom. The van der Waals surface area contributed by atoms with Crippen molar-refractivity contribution in [2.24, 2.45) is 0 Å². The van der Waals surface area contributed by atoms with Gasteiger partial charge in [0.1, 0.15) is 0 Å². The lowest BCUT2D eigenvalue weighted by atomic mass is 9.85. The summed E-state index contributed by atoms with van der Waals surface area (Å²) in [7, 11) is -3.51. The maximum Gasteiger partial charge on any atom is 0.516 e. The molecule has 0 radical (unpaired) electrons. The second kappa shape index (κ2) is 7.16. The topological polar surface area (TPSA) is 49.4 Å². The Bertz CT molecular complexity index is 963. The molecule has 0 aliphatic carbocycles. The van der Waals surface area contributed by atoms with Crippen LogP contribution >= 0.6 is 23.2 Å². The van der Waals surface area contributed by atoms with E-state index in [-0.39, 0.29) is 11.6 Å². The van der Waals surface area contributed by atoms with E-state index in [1.54, 1.807) is 18.2 Å². The Morgan fingerprint density at radius 1 is 1.15 bits per heavy atom. The predicted molar refractivity (Wildman–Crippen MR) is 99.7 cm³/mol. The average molecular weight is 439 g/mol. The van der Waals surface area contributed by atoms with E-state index in [9.17, 15) is 21.6 Å². The minimum Gasteiger partial charge on any atom is -0.301 e. The summed E-state index contributed by atoms with van der Waals surface area (Å²) in [5.74, 6) is -0.0942. The van der Waals surface area contributed by atoms with Crippen LogP contribution in [0.15, 0.2) is 36.4 Å². The summed E-state index contributed by atoms with van der Waals surface area (Å²) in [5, 5.41) is 1.06. The Morgan fingerprint density at radius 3 is 2.37 bits per heavy atom. The normalized spacial score (nSPS) is 18.2. The molecule has 0 fully saturated rings. The molecule has 146 valence electrons. The molecule has 1 N–H and O–H groups in total. The van der Waals surface area contributed by atoms with Gasteiger partial charge in [-0.15, -0.1) is 0 Å². The maximum absolute atomic E-state index is 12.5. The first-order valence-corrected chi connectivity index (χ1v) is 10.1. The molecule has 1 atom stereocenters. The lowest BCUT2D eigenvalue weighted by Gasteiger charge is -2.33. The van der Waals surface area contributed by atoms with Crippen molar-refractivity contribution in [3.63, 3.8) is 0 Å². The highest BCUT2D eigenvalue weighted by Gasteiger charge is 2.46. The third-order valence-corrected chi connectivity index (χ3v) is 6.03. The van der Waals surface area contributed by atoms with Crippen LogP contribution < -0.4 is 4.72 Å². The Labute approximate surface area is 164 Å². The standard InChI is InChI=1S/C17H15Cl2F3N2O2S/c1-24-8-14(13-6-11(18)7-16(19)15(13)9-24)10-2-4-12(5-3-10)23-27(25,26)17(20,21)22/h2-7,14,23H,8-9H2,1H3. The molecule has 0 saturated carbocycles. The molecule has 1 aliphatic heterocycles. The van der Waals surface area contributed by atoms with Crippen LogP contribution in [-0.4, -0.2) is 32.4 Å². The van der Waals surface area contributed by atoms with Gasteiger partial charge in [0.2, 0.25) is 0 Å². The van der Waals surface area contributed by atoms with Gasteiger partial charge in [-0.3, -0.25) is 4.72 Å². The van der Waals surface area contributed by atoms with E-state index in [4.69, 9.17) is 23.2 Å². The third kappa shape index (κ3) is 4.18. The number of nitrogens with one attached hydrogen (secondary N) is 1. The van der Waals surface area contributed by atoms with Gasteiger partial charge in [-0.25, -0.2) is 0 Å². The molecule has 2 aromatic carbocycles. The largest absolute Gasteiger partial charge is 0.516 e. The fraction of sp³-hybridized carbons (Fsp3) is 0.294. The number of hydrogen-bond donors (Lipinski definition) is 1. The van der Waals surface area contributed by atoms with E-state index in [1.807, 2.05) is 13.1 Å². The van der Waals surface area contributed by atoms with Crippen molar-refractivity contribution in [1.29, 1.82) is 0 Å². The SMILES string of the molecule is CN1Cc2c(Cl)cc(Cl)cc2C(c2ccc(NS(=O)(=O)C(F)(F)F)cc2)C1. The van der Waals surface area contributed by atoms with E-state index in [0.29, 0.717) is 23.1 Å². The van der Waals surface area contributed by atoms with Crippen LogP contribution in [-0.2, 0) is 16.6 Å². The highest BCUT2D eigenvalue weighted by atomic mass is 35.5. The number of anilines is 1. The van der Waals surface area contributed by atoms with Crippen LogP contribution in [0.5, 0.6) is 0 Å². The molecule has 1 heterocycles. The summed E-state index contributed by atoms with van der Waals surface area (Å²) in [5.41, 5.74) is -2.82. The highest BCUT2D eigenvalue weighted by Crippen LogP contribution is 2.38. The molecule has 27 heavy (non-hydrogen) atoms. The van der Waals surface area contributed by atoms with Crippen LogP contribution in [0.2, 0.25) is 10.0 Å². The van der Waals surface area contributed by atoms with E-state index >= 15 is 0 Å². The molecular formula is C17H15Cl2F3N2O2S. The first kappa shape index (κ1) is 20.3. The average Bonchev–Trinajstić information content (AvgIpc) is 2.54. The summed E-state index contributed by atoms with van der Waals surface area (Å²) >= 11 is 12.4. The molecule has 0 amide bonds. The number of benzene rings is 2. The summed E-state index contributed by atoms with van der Waals surface area (Å²) in [6.45, 7) is 1.32. The van der Waals surface area contributed by atoms with Gasteiger partial charge in [-0.1, -0.05) is 35.3 Å². The van der Waals surface area contributed by atoms with Crippen molar-refractivity contribution in [2.75, 3.05) is 18.3 Å². The molecule has 3 rings (SSSR count). The van der Waals surface area contributed by atoms with E-state index in [2.05, 4.69) is 4.90 Å². The molecule has 1 unspecified atom stereocenters. The number of nitrogens with zero attached hydrogens (tertiary/aromatic N) is 1. The first-order chi connectivity index (χ1) is 12.5. The molecule has 0 bridgehead atoms. The number of sulfonamides is 1. The zero-order chi connectivity index (χ0) is 20.0. The minimum atomic E-state index is -5.45. The fourth-order valence-corrected chi connectivity index (χ4v) is 4.26. The Kier molecular flexibility index (Phi) is 5.37. The molecule has 0 saturated heterocycles. The smallest absolute Gasteiger partial charge is 0.301 e. The van der Waals surface area contributed by atoms with Crippen LogP contribution in [0.1, 0.15) is 22.6 Å². The molecule has 4 nitrogen and oxygen atoms in total. The quantitative estimate of drug-likeness (QED) is 0.746. The van der Waals surface area contributed by atoms with E-state index < -0.39 is 15.5 Å². The number of fused-ring (bicyclic) bond motifs is 1. The van der Waals surface area contributed by atoms with Crippen molar-refractivity contribution in [2.45, 2.75) is 18.0 Å². The van der Waals surface area contributed by atoms with E-state index in [1.165, 1.54) is 16.9 Å². The van der Waals surface area contributed by atoms with Crippen molar-refractivity contribution in [1.82, 2.24) is 4.90 Å². The van der Waals surface area contributed by atoms with Crippen LogP contribution in [0.4, 0.5) is 18.9 Å². The maximum atomic E-state index is 12.5. The number of likely N-dealkylation sites (N-methyl/N-ethyl adjacent to an activating group) is 1. The van der Waals surface area contributed by atoms with Gasteiger partial charge in [0, 0.05) is 34.7 Å². The van der Waals surface area contributed by atoms with E-state index in [0.717, 1.165) is 16.7 Å². The molecular weight excluding hydrogens is 424 g/mol. The lowest BCUT2D eigenvalue weighted by Crippen LogP contribution is -2.31. The van der Waals surface area contributed by atoms with Crippen molar-refractivity contribution in [3.8, 4) is 0 Å². The van der Waals surface area contributed by atoms with Gasteiger partial charge >= 0.3 is 15.5 Å². The molecule has 0 aromatic heterocycles. The van der Waals surface area contributed by atoms with Crippen molar-refractivity contribution < 1.29 is 21.6 Å². The number of alkyl halides is 3. The van der Waals surface area contributed by atoms with Crippen molar-refractivity contribution in [3.05, 3.63) is 63.1 Å². The minimum absolute atomic E-state index is 0.0942. The molecule has 10 heteroatoms. The molecule has 0 spiro atoms. The van der Waals surface area contributed by atoms with Gasteiger partial charge in [0.15, 0.2) is 0 Å². The summed E-state index contributed by atoms with van der Waals surface area (Å²) in [6.07, 6.45) is 0. The van der Waals surface area contributed by atoms with Gasteiger partial charge in [0.25, 0.3) is 0 Å². The zero-order valence-corrected chi connectivity index (χ0v) is 16.3. The summed E-state index contributed by atoms with van der Waals surface area (Å²) in [4.78, 5) is 2.08. The van der Waals surface area contributed by atoms with Gasteiger partial charge in [-0.2, -0.15) is 21.6 Å². The molecule has 2 aromatic rings. The summed E-state index contributed by atoms with van der Waals surface area (Å²) in [6, 6.07) is 9.30. The highest BCUT2D eigenvalue weighted by molar-refractivity contribution is 7.93. The summed E-state index contributed by atoms with van der Waals surface area (Å²) < 4.78 is 61.4. The van der Waals surface area contributed by atoms with Crippen LogP contribution in [0, 0.1) is 0 Å². The Balaban J connectivity index is 1.93. The lowest BCUT2D eigenvalue weighted by molar-refractivity contribution is -0.0429. The monoisotopic (exact) mass is 438 g/mol. The predicted octanol–water partition coefficient (Wildman–Crippen LogP) is 4.83. The Hall–Kier alpha value is -1.48. The third-order valence-electron chi connectivity index (χ3n) is 4.36. The zero-order valence-electron chi connectivity index (χ0n) is 14.0. The van der Waals surface area contributed by atoms with Gasteiger partial charge < -0.3 is 4.90 Å². The van der Waals surface area contributed by atoms with Crippen molar-refractivity contribution >= 4 is 38.9 Å². The first-order valence-electron chi connectivity index (χ1n) is 7.83. The molecule has 1 aliphatic rings. The second-order valence-electron chi connectivity index (χ2n) is 6.38. The van der Waals surface area contributed by atoms with Crippen LogP contribution in [0.3, 0.4) is 0 Å². The number of hydrogen-bond acceptors (Lipinski definition) is 3. The van der Waals surface area contributed by atoms with Gasteiger partial charge in [-0.05, 0) is 48.0 Å². The fourth-order valence-electron chi connectivity index (χ4n) is 3.13. The van der Waals surface area contributed by atoms with Crippen LogP contribution in [0.25, 0.3) is 0 Å². The number of halogens is 5. The number of rotatable bonds is 3.